The maximum Gasteiger partial charge on any atom is 0.437 e. The van der Waals surface area contributed by atoms with Crippen LogP contribution in [0.4, 0.5) is 13.2 Å². The molecule has 1 saturated heterocycles. The predicted octanol–water partition coefficient (Wildman–Crippen LogP) is 1.94. The Morgan fingerprint density at radius 1 is 1.46 bits per heavy atom. The van der Waals surface area contributed by atoms with Gasteiger partial charge in [0.15, 0.2) is 5.11 Å². The maximum atomic E-state index is 13.5. The number of alkyl halides is 3. The van der Waals surface area contributed by atoms with Crippen molar-refractivity contribution in [3.05, 3.63) is 35.4 Å². The van der Waals surface area contributed by atoms with Crippen LogP contribution in [0.2, 0.25) is 0 Å². The van der Waals surface area contributed by atoms with Gasteiger partial charge >= 0.3 is 12.1 Å². The highest BCUT2D eigenvalue weighted by atomic mass is 32.1. The predicted molar refractivity (Wildman–Crippen MR) is 83.9 cm³/mol. The molecule has 0 amide bonds. The Kier molecular flexibility index (Phi) is 5.05. The van der Waals surface area contributed by atoms with E-state index in [1.54, 1.807) is 36.5 Å². The quantitative estimate of drug-likeness (QED) is 0.564. The number of nitrogens with one attached hydrogen (secondary N) is 2. The summed E-state index contributed by atoms with van der Waals surface area (Å²) in [5, 5.41) is 14.3. The average Bonchev–Trinajstić information content (AvgIpc) is 2.45. The molecular weight excluding hydrogens is 345 g/mol. The van der Waals surface area contributed by atoms with Gasteiger partial charge in [-0.1, -0.05) is 29.8 Å². The number of rotatable bonds is 3. The molecule has 0 spiro atoms. The topological polar surface area (TPSA) is 70.6 Å². The summed E-state index contributed by atoms with van der Waals surface area (Å²) in [6.45, 7) is 3.12. The van der Waals surface area contributed by atoms with Crippen LogP contribution in [0.5, 0.6) is 0 Å². The molecule has 0 saturated carbocycles. The Morgan fingerprint density at radius 3 is 2.67 bits per heavy atom. The molecule has 1 aliphatic heterocycles. The molecule has 2 rings (SSSR count). The van der Waals surface area contributed by atoms with E-state index in [1.165, 1.54) is 6.92 Å². The second-order valence-electron chi connectivity index (χ2n) is 5.48. The second kappa shape index (κ2) is 6.56. The molecule has 1 aromatic carbocycles. The van der Waals surface area contributed by atoms with E-state index in [1.807, 2.05) is 0 Å². The lowest BCUT2D eigenvalue weighted by Crippen LogP contribution is -2.73. The molecule has 1 fully saturated rings. The number of halogens is 3. The SMILES string of the molecule is CCOC(=O)[C@@H]1[C@H](c2cccc(C)c2)NC(=S)N[C@@]1(O)C(F)(F)F. The zero-order valence-corrected chi connectivity index (χ0v) is 13.8. The normalized spacial score (nSPS) is 27.2. The third-order valence-corrected chi connectivity index (χ3v) is 3.97. The molecule has 0 aromatic heterocycles. The van der Waals surface area contributed by atoms with Crippen molar-refractivity contribution in [3.8, 4) is 0 Å². The van der Waals surface area contributed by atoms with Crippen LogP contribution < -0.4 is 10.6 Å². The van der Waals surface area contributed by atoms with Gasteiger partial charge in [-0.3, -0.25) is 4.79 Å². The summed E-state index contributed by atoms with van der Waals surface area (Å²) in [6, 6.07) is 5.39. The molecule has 3 atom stereocenters. The lowest BCUT2D eigenvalue weighted by Gasteiger charge is -2.45. The highest BCUT2D eigenvalue weighted by Gasteiger charge is 2.66. The highest BCUT2D eigenvalue weighted by molar-refractivity contribution is 7.80. The van der Waals surface area contributed by atoms with Crippen molar-refractivity contribution in [2.45, 2.75) is 31.8 Å². The van der Waals surface area contributed by atoms with E-state index < -0.39 is 34.9 Å². The van der Waals surface area contributed by atoms with Gasteiger partial charge in [-0.25, -0.2) is 0 Å². The lowest BCUT2D eigenvalue weighted by atomic mass is 9.82. The standard InChI is InChI=1S/C15H17F3N2O3S/c1-3-23-12(21)10-11(9-6-4-5-8(2)7-9)19-13(24)20-14(10,22)15(16,17)18/h4-7,10-11,22H,3H2,1-2H3,(H2,19,20,24)/t10-,11-,14-/m0/s1. The number of carbonyl (C=O) groups excluding carboxylic acids is 1. The first-order chi connectivity index (χ1) is 11.1. The van der Waals surface area contributed by atoms with E-state index in [2.05, 4.69) is 5.32 Å². The van der Waals surface area contributed by atoms with Crippen molar-refractivity contribution in [2.24, 2.45) is 5.92 Å². The fourth-order valence-corrected chi connectivity index (χ4v) is 2.96. The van der Waals surface area contributed by atoms with Crippen LogP contribution in [0.15, 0.2) is 24.3 Å². The Balaban J connectivity index is 2.57. The van der Waals surface area contributed by atoms with Gasteiger partial charge in [-0.15, -0.1) is 0 Å². The number of aryl methyl sites for hydroxylation is 1. The fraction of sp³-hybridized carbons (Fsp3) is 0.467. The summed E-state index contributed by atoms with van der Waals surface area (Å²) in [6.07, 6.45) is -5.14. The van der Waals surface area contributed by atoms with E-state index >= 15 is 0 Å². The van der Waals surface area contributed by atoms with Crippen molar-refractivity contribution in [1.29, 1.82) is 0 Å². The maximum absolute atomic E-state index is 13.5. The molecule has 5 nitrogen and oxygen atoms in total. The van der Waals surface area contributed by atoms with Gasteiger partial charge in [0.05, 0.1) is 12.6 Å². The Bertz CT molecular complexity index is 653. The van der Waals surface area contributed by atoms with Gasteiger partial charge in [0.2, 0.25) is 0 Å². The van der Waals surface area contributed by atoms with Gasteiger partial charge in [-0.05, 0) is 31.6 Å². The molecule has 0 bridgehead atoms. The lowest BCUT2D eigenvalue weighted by molar-refractivity contribution is -0.292. The molecular formula is C15H17F3N2O3S. The monoisotopic (exact) mass is 362 g/mol. The van der Waals surface area contributed by atoms with Gasteiger partial charge in [-0.2, -0.15) is 13.2 Å². The van der Waals surface area contributed by atoms with E-state index in [4.69, 9.17) is 17.0 Å². The van der Waals surface area contributed by atoms with Gasteiger partial charge in [0, 0.05) is 0 Å². The van der Waals surface area contributed by atoms with Crippen molar-refractivity contribution in [2.75, 3.05) is 6.61 Å². The summed E-state index contributed by atoms with van der Waals surface area (Å²) in [4.78, 5) is 12.2. The van der Waals surface area contributed by atoms with E-state index in [-0.39, 0.29) is 6.61 Å². The molecule has 1 heterocycles. The molecule has 1 aliphatic rings. The summed E-state index contributed by atoms with van der Waals surface area (Å²) in [5.41, 5.74) is -2.35. The number of carbonyl (C=O) groups is 1. The number of esters is 1. The number of thiocarbonyl (C=S) groups is 1. The van der Waals surface area contributed by atoms with E-state index in [0.717, 1.165) is 5.56 Å². The van der Waals surface area contributed by atoms with Crippen LogP contribution in [-0.4, -0.2) is 34.7 Å². The molecule has 9 heteroatoms. The number of benzene rings is 1. The number of aliphatic hydroxyl groups is 1. The number of hydrogen-bond donors (Lipinski definition) is 3. The van der Waals surface area contributed by atoms with Crippen LogP contribution in [0.3, 0.4) is 0 Å². The van der Waals surface area contributed by atoms with Crippen LogP contribution >= 0.6 is 12.2 Å². The van der Waals surface area contributed by atoms with Crippen molar-refractivity contribution in [1.82, 2.24) is 10.6 Å². The van der Waals surface area contributed by atoms with Gasteiger partial charge in [0.25, 0.3) is 5.72 Å². The van der Waals surface area contributed by atoms with Crippen molar-refractivity contribution in [3.63, 3.8) is 0 Å². The van der Waals surface area contributed by atoms with Crippen LogP contribution in [-0.2, 0) is 9.53 Å². The minimum atomic E-state index is -5.14. The largest absolute Gasteiger partial charge is 0.466 e. The summed E-state index contributed by atoms with van der Waals surface area (Å²) >= 11 is 4.80. The van der Waals surface area contributed by atoms with Crippen LogP contribution in [0, 0.1) is 12.8 Å². The molecule has 132 valence electrons. The van der Waals surface area contributed by atoms with Crippen LogP contribution in [0.1, 0.15) is 24.1 Å². The summed E-state index contributed by atoms with van der Waals surface area (Å²) in [7, 11) is 0. The highest BCUT2D eigenvalue weighted by Crippen LogP contribution is 2.43. The Hall–Kier alpha value is -1.87. The Labute approximate surface area is 142 Å². The fourth-order valence-electron chi connectivity index (χ4n) is 2.68. The molecule has 0 unspecified atom stereocenters. The molecule has 24 heavy (non-hydrogen) atoms. The zero-order chi connectivity index (χ0) is 18.1. The smallest absolute Gasteiger partial charge is 0.437 e. The average molecular weight is 362 g/mol. The molecule has 1 aromatic rings. The van der Waals surface area contributed by atoms with Crippen LogP contribution in [0.25, 0.3) is 0 Å². The zero-order valence-electron chi connectivity index (χ0n) is 13.0. The second-order valence-corrected chi connectivity index (χ2v) is 5.89. The molecule has 0 aliphatic carbocycles. The van der Waals surface area contributed by atoms with E-state index in [0.29, 0.717) is 5.56 Å². The molecule has 3 N–H and O–H groups in total. The first-order valence-corrected chi connectivity index (χ1v) is 7.62. The van der Waals surface area contributed by atoms with Gasteiger partial charge < -0.3 is 20.5 Å². The minimum Gasteiger partial charge on any atom is -0.466 e. The van der Waals surface area contributed by atoms with Gasteiger partial charge in [0.1, 0.15) is 5.92 Å². The minimum absolute atomic E-state index is 0.117. The first-order valence-electron chi connectivity index (χ1n) is 7.21. The van der Waals surface area contributed by atoms with Crippen molar-refractivity contribution < 1.29 is 27.8 Å². The Morgan fingerprint density at radius 2 is 2.12 bits per heavy atom. The summed E-state index contributed by atoms with van der Waals surface area (Å²) in [5.74, 6) is -3.14. The summed E-state index contributed by atoms with van der Waals surface area (Å²) < 4.78 is 45.3. The third-order valence-electron chi connectivity index (χ3n) is 3.75. The van der Waals surface area contributed by atoms with E-state index in [9.17, 15) is 23.1 Å². The first kappa shape index (κ1) is 18.5. The molecule has 0 radical (unpaired) electrons. The number of hydrogen-bond acceptors (Lipinski definition) is 4. The van der Waals surface area contributed by atoms with Crippen molar-refractivity contribution >= 4 is 23.3 Å². The number of ether oxygens (including phenoxy) is 1. The third kappa shape index (κ3) is 3.32.